The molecule has 0 saturated carbocycles. The third-order valence-electron chi connectivity index (χ3n) is 9.77. The molecule has 2 fully saturated rings. The van der Waals surface area contributed by atoms with Gasteiger partial charge in [-0.3, -0.25) is 14.4 Å². The maximum atomic E-state index is 14.8. The fraction of sp³-hybridized carbons (Fsp3) is 0.457. The van der Waals surface area contributed by atoms with Gasteiger partial charge in [0.2, 0.25) is 11.8 Å². The minimum absolute atomic E-state index is 0.0757. The molecule has 1 spiro atoms. The molecule has 2 saturated heterocycles. The monoisotopic (exact) mass is 583 g/mol. The molecule has 0 aliphatic carbocycles. The molecule has 1 N–H and O–H groups in total. The van der Waals surface area contributed by atoms with Gasteiger partial charge < -0.3 is 24.5 Å². The molecule has 4 heterocycles. The molecule has 43 heavy (non-hydrogen) atoms. The lowest BCUT2D eigenvalue weighted by atomic mass is 9.73. The third kappa shape index (κ3) is 4.54. The topological polar surface area (TPSA) is 90.4 Å². The van der Waals surface area contributed by atoms with Crippen LogP contribution in [0.25, 0.3) is 0 Å². The molecular weight excluding hydrogens is 542 g/mol. The summed E-state index contributed by atoms with van der Waals surface area (Å²) < 4.78 is 7.10. The minimum Gasteiger partial charge on any atom is -0.396 e. The first-order chi connectivity index (χ1) is 20.8. The van der Waals surface area contributed by atoms with Crippen LogP contribution in [0.4, 0.5) is 11.4 Å². The molecule has 2 aromatic rings. The lowest BCUT2D eigenvalue weighted by Gasteiger charge is -2.39. The maximum absolute atomic E-state index is 14.8. The number of fused-ring (bicyclic) bond motifs is 2. The molecule has 1 unspecified atom stereocenters. The van der Waals surface area contributed by atoms with Gasteiger partial charge in [0.25, 0.3) is 5.91 Å². The normalized spacial score (nSPS) is 29.9. The summed E-state index contributed by atoms with van der Waals surface area (Å²) in [4.78, 5) is 49.2. The van der Waals surface area contributed by atoms with Crippen LogP contribution in [0.1, 0.15) is 43.7 Å². The van der Waals surface area contributed by atoms with Gasteiger partial charge in [0.15, 0.2) is 0 Å². The number of anilines is 2. The predicted octanol–water partition coefficient (Wildman–Crippen LogP) is 4.33. The number of nitrogens with zero attached hydrogens (tertiary/aromatic N) is 3. The average Bonchev–Trinajstić information content (AvgIpc) is 3.29. The molecule has 0 radical (unpaired) electrons. The van der Waals surface area contributed by atoms with Crippen molar-refractivity contribution in [3.05, 3.63) is 84.0 Å². The van der Waals surface area contributed by atoms with Gasteiger partial charge in [0, 0.05) is 37.6 Å². The highest BCUT2D eigenvalue weighted by Crippen LogP contribution is 2.59. The molecule has 5 atom stereocenters. The van der Waals surface area contributed by atoms with E-state index in [0.717, 1.165) is 28.9 Å². The molecule has 4 aliphatic heterocycles. The van der Waals surface area contributed by atoms with E-state index in [1.54, 1.807) is 14.7 Å². The molecule has 8 heteroatoms. The summed E-state index contributed by atoms with van der Waals surface area (Å²) >= 11 is 0. The second-order valence-electron chi connectivity index (χ2n) is 12.2. The Labute approximate surface area is 253 Å². The Hall–Kier alpha value is -3.75. The SMILES string of the molecule is CC[C@]12C=CCN(c3ccccc3)C(=O)[C@H]1[C@H]1C(=O)N(CCCCCO)C3C(=O)N(c4c(C)cccc4C)CC=C[C@@]31O2. The largest absolute Gasteiger partial charge is 0.396 e. The smallest absolute Gasteiger partial charge is 0.253 e. The number of likely N-dealkylation sites (tertiary alicyclic amines) is 1. The summed E-state index contributed by atoms with van der Waals surface area (Å²) in [7, 11) is 0. The lowest BCUT2D eigenvalue weighted by Crippen LogP contribution is -2.56. The number of aliphatic hydroxyl groups is 1. The van der Waals surface area contributed by atoms with E-state index >= 15 is 0 Å². The van der Waals surface area contributed by atoms with Crippen molar-refractivity contribution in [3.8, 4) is 0 Å². The summed E-state index contributed by atoms with van der Waals surface area (Å²) in [5.74, 6) is -2.22. The summed E-state index contributed by atoms with van der Waals surface area (Å²) in [5, 5.41) is 9.36. The molecule has 3 amide bonds. The van der Waals surface area contributed by atoms with Crippen LogP contribution < -0.4 is 9.80 Å². The van der Waals surface area contributed by atoms with Crippen molar-refractivity contribution >= 4 is 29.1 Å². The Bertz CT molecular complexity index is 1450. The molecule has 6 rings (SSSR count). The van der Waals surface area contributed by atoms with Gasteiger partial charge in [0.1, 0.15) is 11.6 Å². The van der Waals surface area contributed by atoms with Crippen molar-refractivity contribution in [1.29, 1.82) is 0 Å². The maximum Gasteiger partial charge on any atom is 0.253 e. The average molecular weight is 584 g/mol. The number of aliphatic hydroxyl groups excluding tert-OH is 1. The number of rotatable bonds is 8. The second-order valence-corrected chi connectivity index (χ2v) is 12.2. The number of unbranched alkanes of at least 4 members (excludes halogenated alkanes) is 2. The van der Waals surface area contributed by atoms with Gasteiger partial charge in [-0.25, -0.2) is 0 Å². The van der Waals surface area contributed by atoms with E-state index in [0.29, 0.717) is 38.9 Å². The number of benzene rings is 2. The number of para-hydroxylation sites is 2. The van der Waals surface area contributed by atoms with Crippen LogP contribution in [-0.4, -0.2) is 71.2 Å². The molecule has 2 aromatic carbocycles. The summed E-state index contributed by atoms with van der Waals surface area (Å²) in [6.45, 7) is 7.12. The lowest BCUT2D eigenvalue weighted by molar-refractivity contribution is -0.145. The van der Waals surface area contributed by atoms with E-state index in [4.69, 9.17) is 4.74 Å². The highest BCUT2D eigenvalue weighted by Gasteiger charge is 2.75. The van der Waals surface area contributed by atoms with E-state index in [2.05, 4.69) is 0 Å². The van der Waals surface area contributed by atoms with Crippen LogP contribution in [0.5, 0.6) is 0 Å². The highest BCUT2D eigenvalue weighted by atomic mass is 16.5. The molecule has 8 nitrogen and oxygen atoms in total. The van der Waals surface area contributed by atoms with Crippen LogP contribution in [0.3, 0.4) is 0 Å². The molecule has 226 valence electrons. The zero-order valence-electron chi connectivity index (χ0n) is 25.2. The van der Waals surface area contributed by atoms with Crippen LogP contribution in [0.2, 0.25) is 0 Å². The van der Waals surface area contributed by atoms with E-state index in [-0.39, 0.29) is 24.3 Å². The van der Waals surface area contributed by atoms with E-state index in [1.807, 2.05) is 93.6 Å². The fourth-order valence-corrected chi connectivity index (χ4v) is 7.84. The van der Waals surface area contributed by atoms with Crippen molar-refractivity contribution in [3.63, 3.8) is 0 Å². The second kappa shape index (κ2) is 11.4. The third-order valence-corrected chi connectivity index (χ3v) is 9.77. The van der Waals surface area contributed by atoms with Gasteiger partial charge in [-0.05, 0) is 62.8 Å². The minimum atomic E-state index is -1.29. The summed E-state index contributed by atoms with van der Waals surface area (Å²) in [6.07, 6.45) is 10.3. The van der Waals surface area contributed by atoms with Gasteiger partial charge >= 0.3 is 0 Å². The summed E-state index contributed by atoms with van der Waals surface area (Å²) in [5.41, 5.74) is 1.24. The molecular formula is C35H41N3O5. The van der Waals surface area contributed by atoms with Crippen LogP contribution in [-0.2, 0) is 19.1 Å². The standard InChI is InChI=1S/C35H41N3O5/c1-4-34-18-12-21-36(26-16-7-5-8-17-26)31(40)27(34)28-32(41)38(20-9-6-10-23-39)30-33(42)37(22-13-19-35(28,30)43-34)29-24(2)14-11-15-25(29)3/h5,7-8,11-19,27-28,30,39H,4,6,9-10,20-23H2,1-3H3/t27-,28+,30?,34+,35+/m1/s1. The number of hydrogen-bond donors (Lipinski definition) is 1. The number of carbonyl (C=O) groups is 3. The quantitative estimate of drug-likeness (QED) is 0.369. The molecule has 0 bridgehead atoms. The van der Waals surface area contributed by atoms with Gasteiger partial charge in [-0.2, -0.15) is 0 Å². The van der Waals surface area contributed by atoms with Crippen molar-refractivity contribution in [2.45, 2.75) is 63.7 Å². The first-order valence-corrected chi connectivity index (χ1v) is 15.5. The molecule has 0 aromatic heterocycles. The number of ether oxygens (including phenoxy) is 1. The first kappa shape index (κ1) is 29.3. The number of carbonyl (C=O) groups excluding carboxylic acids is 3. The number of hydrogen-bond acceptors (Lipinski definition) is 5. The van der Waals surface area contributed by atoms with Crippen LogP contribution in [0, 0.1) is 25.7 Å². The van der Waals surface area contributed by atoms with E-state index < -0.39 is 29.1 Å². The number of aryl methyl sites for hydroxylation is 2. The van der Waals surface area contributed by atoms with Crippen molar-refractivity contribution in [1.82, 2.24) is 4.90 Å². The van der Waals surface area contributed by atoms with Gasteiger partial charge in [-0.1, -0.05) is 67.6 Å². The Morgan fingerprint density at radius 1 is 0.814 bits per heavy atom. The fourth-order valence-electron chi connectivity index (χ4n) is 7.84. The van der Waals surface area contributed by atoms with Gasteiger partial charge in [0.05, 0.1) is 17.4 Å². The zero-order chi connectivity index (χ0) is 30.4. The number of amides is 3. The van der Waals surface area contributed by atoms with Crippen molar-refractivity contribution in [2.75, 3.05) is 36.0 Å². The predicted molar refractivity (Wildman–Crippen MR) is 166 cm³/mol. The van der Waals surface area contributed by atoms with E-state index in [9.17, 15) is 19.5 Å². The highest BCUT2D eigenvalue weighted by molar-refractivity contribution is 6.08. The Morgan fingerprint density at radius 3 is 2.21 bits per heavy atom. The Kier molecular flexibility index (Phi) is 7.77. The van der Waals surface area contributed by atoms with Crippen LogP contribution >= 0.6 is 0 Å². The molecule has 4 aliphatic rings. The Balaban J connectivity index is 1.48. The first-order valence-electron chi connectivity index (χ1n) is 15.5. The van der Waals surface area contributed by atoms with Crippen molar-refractivity contribution < 1.29 is 24.2 Å². The summed E-state index contributed by atoms with van der Waals surface area (Å²) in [6, 6.07) is 14.6. The van der Waals surface area contributed by atoms with E-state index in [1.165, 1.54) is 0 Å². The van der Waals surface area contributed by atoms with Crippen molar-refractivity contribution in [2.24, 2.45) is 11.8 Å². The Morgan fingerprint density at radius 2 is 1.51 bits per heavy atom. The van der Waals surface area contributed by atoms with Crippen LogP contribution in [0.15, 0.2) is 72.8 Å². The van der Waals surface area contributed by atoms with Gasteiger partial charge in [-0.15, -0.1) is 0 Å². The zero-order valence-corrected chi connectivity index (χ0v) is 25.2.